The van der Waals surface area contributed by atoms with Crippen LogP contribution < -0.4 is 10.1 Å². The Morgan fingerprint density at radius 3 is 3.00 bits per heavy atom. The fraction of sp³-hybridized carbons (Fsp3) is 0.579. The van der Waals surface area contributed by atoms with E-state index in [0.717, 1.165) is 29.5 Å². The first-order valence-corrected chi connectivity index (χ1v) is 9.76. The van der Waals surface area contributed by atoms with Crippen molar-refractivity contribution in [3.05, 3.63) is 16.8 Å². The molecule has 26 heavy (non-hydrogen) atoms. The maximum Gasteiger partial charge on any atom is 0.259 e. The fourth-order valence-corrected chi connectivity index (χ4v) is 4.46. The first kappa shape index (κ1) is 18.6. The number of nitrogens with zero attached hydrogens (tertiary/aromatic N) is 3. The maximum atomic E-state index is 12.3. The molecule has 7 heteroatoms. The number of fused-ring (bicyclic) bond motifs is 3. The molecule has 0 saturated heterocycles. The van der Waals surface area contributed by atoms with Gasteiger partial charge in [-0.05, 0) is 43.6 Å². The van der Waals surface area contributed by atoms with E-state index in [1.807, 2.05) is 13.8 Å². The average Bonchev–Trinajstić information content (AvgIpc) is 2.97. The molecule has 1 N–H and O–H groups in total. The van der Waals surface area contributed by atoms with Crippen LogP contribution in [0.3, 0.4) is 0 Å². The number of carbonyl (C=O) groups excluding carboxylic acids is 1. The molecule has 1 aliphatic rings. The summed E-state index contributed by atoms with van der Waals surface area (Å²) in [5.41, 5.74) is 0.349. The molecule has 138 valence electrons. The number of aromatic nitrogens is 2. The minimum atomic E-state index is -0.918. The number of nitriles is 1. The third-order valence-electron chi connectivity index (χ3n) is 5.18. The van der Waals surface area contributed by atoms with Crippen molar-refractivity contribution >= 4 is 27.5 Å². The van der Waals surface area contributed by atoms with Gasteiger partial charge >= 0.3 is 0 Å². The zero-order chi connectivity index (χ0) is 18.9. The van der Waals surface area contributed by atoms with Gasteiger partial charge in [-0.25, -0.2) is 9.97 Å². The molecule has 0 aliphatic heterocycles. The summed E-state index contributed by atoms with van der Waals surface area (Å²) in [6.07, 6.45) is 4.68. The molecule has 2 aromatic rings. The Labute approximate surface area is 157 Å². The van der Waals surface area contributed by atoms with E-state index < -0.39 is 5.54 Å². The lowest BCUT2D eigenvalue weighted by Gasteiger charge is -2.27. The Hall–Kier alpha value is -2.20. The standard InChI is InChI=1S/C19H24N4O2S/c1-11(2)19(4,9-20)23-15(24)8-25-17-16-13-6-5-12(3)7-14(13)26-18(16)22-10-21-17/h10-12H,5-8H2,1-4H3,(H,23,24). The quantitative estimate of drug-likeness (QED) is 0.870. The largest absolute Gasteiger partial charge is 0.467 e. The van der Waals surface area contributed by atoms with Crippen molar-refractivity contribution in [3.63, 3.8) is 0 Å². The highest BCUT2D eigenvalue weighted by Gasteiger charge is 2.30. The molecule has 0 radical (unpaired) electrons. The van der Waals surface area contributed by atoms with Gasteiger partial charge < -0.3 is 10.1 Å². The number of thiophene rings is 1. The van der Waals surface area contributed by atoms with Crippen LogP contribution in [-0.2, 0) is 17.6 Å². The Morgan fingerprint density at radius 2 is 2.31 bits per heavy atom. The topological polar surface area (TPSA) is 87.9 Å². The summed E-state index contributed by atoms with van der Waals surface area (Å²) in [6, 6.07) is 2.17. The zero-order valence-corrected chi connectivity index (χ0v) is 16.4. The highest BCUT2D eigenvalue weighted by molar-refractivity contribution is 7.18. The number of carbonyl (C=O) groups is 1. The Balaban J connectivity index is 1.78. The van der Waals surface area contributed by atoms with Gasteiger partial charge in [0.2, 0.25) is 5.88 Å². The smallest absolute Gasteiger partial charge is 0.259 e. The summed E-state index contributed by atoms with van der Waals surface area (Å²) in [5, 5.41) is 13.0. The third-order valence-corrected chi connectivity index (χ3v) is 6.35. The predicted molar refractivity (Wildman–Crippen MR) is 101 cm³/mol. The van der Waals surface area contributed by atoms with Gasteiger partial charge in [-0.3, -0.25) is 4.79 Å². The van der Waals surface area contributed by atoms with Crippen LogP contribution in [-0.4, -0.2) is 28.0 Å². The molecule has 0 fully saturated rings. The summed E-state index contributed by atoms with van der Waals surface area (Å²) in [4.78, 5) is 23.2. The second-order valence-corrected chi connectivity index (χ2v) is 8.60. The Morgan fingerprint density at radius 1 is 1.54 bits per heavy atom. The van der Waals surface area contributed by atoms with E-state index in [-0.39, 0.29) is 18.4 Å². The molecular formula is C19H24N4O2S. The van der Waals surface area contributed by atoms with Gasteiger partial charge in [0, 0.05) is 4.88 Å². The van der Waals surface area contributed by atoms with E-state index in [0.29, 0.717) is 11.8 Å². The number of ether oxygens (including phenoxy) is 1. The first-order chi connectivity index (χ1) is 12.3. The highest BCUT2D eigenvalue weighted by atomic mass is 32.1. The summed E-state index contributed by atoms with van der Waals surface area (Å²) in [6.45, 7) is 7.61. The van der Waals surface area contributed by atoms with Crippen LogP contribution in [0.2, 0.25) is 0 Å². The third kappa shape index (κ3) is 3.51. The van der Waals surface area contributed by atoms with Crippen molar-refractivity contribution in [2.75, 3.05) is 6.61 Å². The van der Waals surface area contributed by atoms with E-state index in [1.165, 1.54) is 16.8 Å². The number of hydrogen-bond donors (Lipinski definition) is 1. The molecule has 2 atom stereocenters. The van der Waals surface area contributed by atoms with Crippen LogP contribution in [0.25, 0.3) is 10.2 Å². The molecule has 2 aromatic heterocycles. The number of nitrogens with one attached hydrogen (secondary N) is 1. The van der Waals surface area contributed by atoms with Gasteiger partial charge in [-0.1, -0.05) is 20.8 Å². The lowest BCUT2D eigenvalue weighted by atomic mass is 9.89. The molecule has 0 bridgehead atoms. The monoisotopic (exact) mass is 372 g/mol. The van der Waals surface area contributed by atoms with E-state index >= 15 is 0 Å². The fourth-order valence-electron chi connectivity index (χ4n) is 3.12. The van der Waals surface area contributed by atoms with Crippen LogP contribution in [0, 0.1) is 23.2 Å². The van der Waals surface area contributed by atoms with E-state index in [4.69, 9.17) is 4.74 Å². The van der Waals surface area contributed by atoms with Gasteiger partial charge in [0.15, 0.2) is 6.61 Å². The summed E-state index contributed by atoms with van der Waals surface area (Å²) >= 11 is 1.69. The van der Waals surface area contributed by atoms with Crippen molar-refractivity contribution < 1.29 is 9.53 Å². The number of amides is 1. The van der Waals surface area contributed by atoms with Crippen LogP contribution >= 0.6 is 11.3 Å². The summed E-state index contributed by atoms with van der Waals surface area (Å²) in [7, 11) is 0. The highest BCUT2D eigenvalue weighted by Crippen LogP contribution is 2.40. The van der Waals surface area contributed by atoms with E-state index in [2.05, 4.69) is 28.3 Å². The van der Waals surface area contributed by atoms with Gasteiger partial charge in [0.1, 0.15) is 16.7 Å². The van der Waals surface area contributed by atoms with E-state index in [1.54, 1.807) is 18.3 Å². The van der Waals surface area contributed by atoms with Crippen LogP contribution in [0.5, 0.6) is 5.88 Å². The molecule has 1 aliphatic carbocycles. The molecule has 0 saturated carbocycles. The minimum Gasteiger partial charge on any atom is -0.467 e. The average molecular weight is 372 g/mol. The molecule has 1 amide bonds. The van der Waals surface area contributed by atoms with Crippen molar-refractivity contribution in [2.24, 2.45) is 11.8 Å². The van der Waals surface area contributed by atoms with Gasteiger partial charge in [-0.2, -0.15) is 5.26 Å². The molecular weight excluding hydrogens is 348 g/mol. The molecule has 3 rings (SSSR count). The molecule has 6 nitrogen and oxygen atoms in total. The second kappa shape index (κ2) is 7.20. The normalized spacial score (nSPS) is 18.8. The molecule has 2 unspecified atom stereocenters. The van der Waals surface area contributed by atoms with Gasteiger partial charge in [0.25, 0.3) is 5.91 Å². The molecule has 0 spiro atoms. The lowest BCUT2D eigenvalue weighted by Crippen LogP contribution is -2.50. The maximum absolute atomic E-state index is 12.3. The lowest BCUT2D eigenvalue weighted by molar-refractivity contribution is -0.124. The minimum absolute atomic E-state index is 0.00640. The Bertz CT molecular complexity index is 870. The van der Waals surface area contributed by atoms with Crippen LogP contribution in [0.1, 0.15) is 44.6 Å². The zero-order valence-electron chi connectivity index (χ0n) is 15.6. The van der Waals surface area contributed by atoms with E-state index in [9.17, 15) is 10.1 Å². The van der Waals surface area contributed by atoms with Gasteiger partial charge in [-0.15, -0.1) is 11.3 Å². The van der Waals surface area contributed by atoms with Crippen molar-refractivity contribution in [2.45, 2.75) is 52.5 Å². The first-order valence-electron chi connectivity index (χ1n) is 8.94. The van der Waals surface area contributed by atoms with Crippen molar-refractivity contribution in [1.29, 1.82) is 5.26 Å². The Kier molecular flexibility index (Phi) is 5.15. The predicted octanol–water partition coefficient (Wildman–Crippen LogP) is 3.25. The summed E-state index contributed by atoms with van der Waals surface area (Å²) in [5.74, 6) is 0.805. The van der Waals surface area contributed by atoms with Crippen molar-refractivity contribution in [3.8, 4) is 11.9 Å². The molecule has 0 aromatic carbocycles. The number of aryl methyl sites for hydroxylation is 1. The second-order valence-electron chi connectivity index (χ2n) is 7.52. The SMILES string of the molecule is CC1CCc2c(sc3ncnc(OCC(=O)NC(C)(C#N)C(C)C)c23)C1. The van der Waals surface area contributed by atoms with Crippen LogP contribution in [0.15, 0.2) is 6.33 Å². The van der Waals surface area contributed by atoms with Crippen LogP contribution in [0.4, 0.5) is 0 Å². The number of rotatable bonds is 5. The number of hydrogen-bond acceptors (Lipinski definition) is 6. The van der Waals surface area contributed by atoms with Crippen molar-refractivity contribution in [1.82, 2.24) is 15.3 Å². The molecule has 2 heterocycles. The van der Waals surface area contributed by atoms with Gasteiger partial charge in [0.05, 0.1) is 11.5 Å². The summed E-state index contributed by atoms with van der Waals surface area (Å²) < 4.78 is 5.74.